The lowest BCUT2D eigenvalue weighted by molar-refractivity contribution is -0.126. The van der Waals surface area contributed by atoms with Gasteiger partial charge < -0.3 is 15.6 Å². The van der Waals surface area contributed by atoms with Gasteiger partial charge in [-0.15, -0.1) is 24.8 Å². The Morgan fingerprint density at radius 2 is 1.74 bits per heavy atom. The van der Waals surface area contributed by atoms with Gasteiger partial charge in [0.2, 0.25) is 5.91 Å². The third kappa shape index (κ3) is 4.80. The highest BCUT2D eigenvalue weighted by molar-refractivity contribution is 5.87. The van der Waals surface area contributed by atoms with E-state index in [-0.39, 0.29) is 30.7 Å². The first-order valence-electron chi connectivity index (χ1n) is 8.61. The van der Waals surface area contributed by atoms with Gasteiger partial charge in [-0.2, -0.15) is 0 Å². The van der Waals surface area contributed by atoms with E-state index in [0.29, 0.717) is 13.0 Å². The first-order chi connectivity index (χ1) is 12.0. The molecule has 5 nitrogen and oxygen atoms in total. The van der Waals surface area contributed by atoms with E-state index in [1.807, 2.05) is 48.5 Å². The summed E-state index contributed by atoms with van der Waals surface area (Å²) in [4.78, 5) is 17.2. The Morgan fingerprint density at radius 3 is 2.41 bits per heavy atom. The molecule has 146 valence electrons. The van der Waals surface area contributed by atoms with Crippen LogP contribution in [-0.2, 0) is 23.3 Å². The third-order valence-corrected chi connectivity index (χ3v) is 4.53. The topological polar surface area (TPSA) is 72.9 Å². The van der Waals surface area contributed by atoms with E-state index in [4.69, 9.17) is 5.73 Å². The zero-order valence-corrected chi connectivity index (χ0v) is 17.1. The summed E-state index contributed by atoms with van der Waals surface area (Å²) in [5.74, 6) is 0.792. The average Bonchev–Trinajstić information content (AvgIpc) is 2.99. The van der Waals surface area contributed by atoms with Crippen molar-refractivity contribution in [2.24, 2.45) is 5.73 Å². The Labute approximate surface area is 172 Å². The number of para-hydroxylation sites is 2. The Kier molecular flexibility index (Phi) is 8.28. The second kappa shape index (κ2) is 9.74. The molecule has 7 heteroatoms. The van der Waals surface area contributed by atoms with E-state index in [2.05, 4.69) is 27.9 Å². The third-order valence-electron chi connectivity index (χ3n) is 4.53. The van der Waals surface area contributed by atoms with Gasteiger partial charge in [0, 0.05) is 19.5 Å². The molecule has 0 spiro atoms. The highest BCUT2D eigenvalue weighted by atomic mass is 35.5. The van der Waals surface area contributed by atoms with Crippen molar-refractivity contribution >= 4 is 41.8 Å². The maximum Gasteiger partial charge on any atom is 0.244 e. The van der Waals surface area contributed by atoms with E-state index in [0.717, 1.165) is 29.0 Å². The molecule has 0 radical (unpaired) electrons. The molecule has 3 rings (SSSR count). The van der Waals surface area contributed by atoms with Crippen LogP contribution in [0.4, 0.5) is 0 Å². The summed E-state index contributed by atoms with van der Waals surface area (Å²) in [6.07, 6.45) is 0.666. The number of halogens is 2. The van der Waals surface area contributed by atoms with Gasteiger partial charge in [0.05, 0.1) is 11.0 Å². The van der Waals surface area contributed by atoms with Crippen molar-refractivity contribution in [3.05, 3.63) is 66.0 Å². The number of nitrogens with zero attached hydrogens (tertiary/aromatic N) is 2. The van der Waals surface area contributed by atoms with Crippen LogP contribution in [-0.4, -0.2) is 22.0 Å². The Balaban J connectivity index is 0.00000182. The van der Waals surface area contributed by atoms with Crippen molar-refractivity contribution in [2.45, 2.75) is 32.4 Å². The summed E-state index contributed by atoms with van der Waals surface area (Å²) >= 11 is 0. The monoisotopic (exact) mass is 408 g/mol. The smallest absolute Gasteiger partial charge is 0.244 e. The Hall–Kier alpha value is -2.08. The molecule has 1 heterocycles. The molecule has 1 amide bonds. The van der Waals surface area contributed by atoms with E-state index >= 15 is 0 Å². The van der Waals surface area contributed by atoms with Gasteiger partial charge in [0.1, 0.15) is 11.4 Å². The van der Waals surface area contributed by atoms with Crippen LogP contribution in [0.3, 0.4) is 0 Å². The van der Waals surface area contributed by atoms with Gasteiger partial charge in [-0.05, 0) is 31.5 Å². The van der Waals surface area contributed by atoms with Crippen LogP contribution < -0.4 is 11.1 Å². The molecule has 3 N–H and O–H groups in total. The predicted molar refractivity (Wildman–Crippen MR) is 115 cm³/mol. The molecule has 2 aromatic carbocycles. The summed E-state index contributed by atoms with van der Waals surface area (Å²) in [6, 6.07) is 17.5. The highest BCUT2D eigenvalue weighted by Gasteiger charge is 2.29. The van der Waals surface area contributed by atoms with Crippen LogP contribution in [0.25, 0.3) is 11.0 Å². The Morgan fingerprint density at radius 1 is 1.11 bits per heavy atom. The standard InChI is InChI=1S/C20H24N4O.2ClH/c1-3-24-17-12-8-7-11-16(17)23-18(24)13-14-22-19(25)20(2,21)15-9-5-4-6-10-15;;/h4-12H,3,13-14,21H2,1-2H3,(H,22,25);2*1H. The quantitative estimate of drug-likeness (QED) is 0.655. The zero-order chi connectivity index (χ0) is 17.9. The summed E-state index contributed by atoms with van der Waals surface area (Å²) in [7, 11) is 0. The number of benzene rings is 2. The number of hydrogen-bond acceptors (Lipinski definition) is 3. The van der Waals surface area contributed by atoms with Crippen molar-refractivity contribution in [1.29, 1.82) is 0 Å². The molecule has 0 saturated carbocycles. The molecule has 0 aliphatic rings. The lowest BCUT2D eigenvalue weighted by atomic mass is 9.92. The summed E-state index contributed by atoms with van der Waals surface area (Å²) in [5, 5.41) is 2.95. The number of hydrogen-bond donors (Lipinski definition) is 2. The fraction of sp³-hybridized carbons (Fsp3) is 0.300. The fourth-order valence-electron chi connectivity index (χ4n) is 3.06. The molecule has 27 heavy (non-hydrogen) atoms. The lowest BCUT2D eigenvalue weighted by Crippen LogP contribution is -2.49. The Bertz CT molecular complexity index is 878. The van der Waals surface area contributed by atoms with Gasteiger partial charge in [-0.1, -0.05) is 42.5 Å². The minimum atomic E-state index is -1.05. The first-order valence-corrected chi connectivity index (χ1v) is 8.61. The molecule has 3 aromatic rings. The number of rotatable bonds is 6. The molecule has 0 saturated heterocycles. The number of carbonyl (C=O) groups excluding carboxylic acids is 1. The van der Waals surface area contributed by atoms with Crippen LogP contribution in [0.5, 0.6) is 0 Å². The van der Waals surface area contributed by atoms with Crippen LogP contribution in [0, 0.1) is 0 Å². The maximum absolute atomic E-state index is 12.5. The van der Waals surface area contributed by atoms with E-state index < -0.39 is 5.54 Å². The summed E-state index contributed by atoms with van der Waals surface area (Å²) in [6.45, 7) is 5.19. The van der Waals surface area contributed by atoms with Crippen molar-refractivity contribution in [3.63, 3.8) is 0 Å². The van der Waals surface area contributed by atoms with Gasteiger partial charge in [-0.3, -0.25) is 4.79 Å². The van der Waals surface area contributed by atoms with Crippen molar-refractivity contribution in [2.75, 3.05) is 6.54 Å². The van der Waals surface area contributed by atoms with Crippen molar-refractivity contribution in [3.8, 4) is 0 Å². The largest absolute Gasteiger partial charge is 0.354 e. The number of imidazole rings is 1. The van der Waals surface area contributed by atoms with Gasteiger partial charge in [0.25, 0.3) is 0 Å². The molecule has 0 aliphatic heterocycles. The van der Waals surface area contributed by atoms with E-state index in [1.54, 1.807) is 6.92 Å². The zero-order valence-electron chi connectivity index (χ0n) is 15.5. The van der Waals surface area contributed by atoms with Gasteiger partial charge >= 0.3 is 0 Å². The molecule has 0 aliphatic carbocycles. The lowest BCUT2D eigenvalue weighted by Gasteiger charge is -2.24. The number of aromatic nitrogens is 2. The minimum Gasteiger partial charge on any atom is -0.354 e. The van der Waals surface area contributed by atoms with Gasteiger partial charge in [-0.25, -0.2) is 4.98 Å². The fourth-order valence-corrected chi connectivity index (χ4v) is 3.06. The van der Waals surface area contributed by atoms with Crippen LogP contribution in [0.15, 0.2) is 54.6 Å². The SMILES string of the molecule is CCn1c(CCNC(=O)C(C)(N)c2ccccc2)nc2ccccc21.Cl.Cl. The van der Waals surface area contributed by atoms with Gasteiger partial charge in [0.15, 0.2) is 0 Å². The first kappa shape index (κ1) is 23.0. The molecular formula is C20H26Cl2N4O. The summed E-state index contributed by atoms with van der Waals surface area (Å²) in [5.41, 5.74) is 8.10. The molecular weight excluding hydrogens is 383 g/mol. The molecule has 1 unspecified atom stereocenters. The highest BCUT2D eigenvalue weighted by Crippen LogP contribution is 2.18. The molecule has 1 aromatic heterocycles. The van der Waals surface area contributed by atoms with Crippen molar-refractivity contribution < 1.29 is 4.79 Å². The van der Waals surface area contributed by atoms with E-state index in [9.17, 15) is 4.79 Å². The molecule has 0 bridgehead atoms. The van der Waals surface area contributed by atoms with E-state index in [1.165, 1.54) is 0 Å². The maximum atomic E-state index is 12.5. The summed E-state index contributed by atoms with van der Waals surface area (Å²) < 4.78 is 2.18. The molecule has 0 fully saturated rings. The normalized spacial score (nSPS) is 12.6. The second-order valence-corrected chi connectivity index (χ2v) is 6.34. The predicted octanol–water partition coefficient (Wildman–Crippen LogP) is 3.43. The van der Waals surface area contributed by atoms with Crippen molar-refractivity contribution in [1.82, 2.24) is 14.9 Å². The number of amides is 1. The van der Waals surface area contributed by atoms with Crippen LogP contribution in [0.2, 0.25) is 0 Å². The van der Waals surface area contributed by atoms with Crippen LogP contribution in [0.1, 0.15) is 25.2 Å². The molecule has 1 atom stereocenters. The minimum absolute atomic E-state index is 0. The number of aryl methyl sites for hydroxylation is 1. The average molecular weight is 409 g/mol. The number of nitrogens with two attached hydrogens (primary N) is 1. The number of fused-ring (bicyclic) bond motifs is 1. The number of carbonyl (C=O) groups is 1. The van der Waals surface area contributed by atoms with Crippen LogP contribution >= 0.6 is 24.8 Å². The number of nitrogens with one attached hydrogen (secondary N) is 1. The second-order valence-electron chi connectivity index (χ2n) is 6.34.